The van der Waals surface area contributed by atoms with Crippen LogP contribution in [0, 0.1) is 5.92 Å². The van der Waals surface area contributed by atoms with Crippen LogP contribution in [0.25, 0.3) is 0 Å². The van der Waals surface area contributed by atoms with Crippen molar-refractivity contribution in [2.45, 2.75) is 51.0 Å². The average molecular weight is 277 g/mol. The van der Waals surface area contributed by atoms with Gasteiger partial charge in [0.2, 0.25) is 5.91 Å². The smallest absolute Gasteiger partial charge is 0.223 e. The molecule has 1 aliphatic carbocycles. The van der Waals surface area contributed by atoms with Gasteiger partial charge in [-0.05, 0) is 37.3 Å². The van der Waals surface area contributed by atoms with E-state index in [-0.39, 0.29) is 12.0 Å². The second kappa shape index (κ2) is 5.60. The first-order chi connectivity index (χ1) is 9.63. The molecule has 1 saturated heterocycles. The molecule has 0 spiro atoms. The standard InChI is InChI=1S/C16H23NO3/c1-11-10-14(11)15-4-2-13(20-15)3-5-16(19)17-8-6-12(18)7-9-17/h2,4,11-12,14,18H,3,5-10H2,1H3. The summed E-state index contributed by atoms with van der Waals surface area (Å²) >= 11 is 0. The highest BCUT2D eigenvalue weighted by Crippen LogP contribution is 2.47. The minimum absolute atomic E-state index is 0.176. The molecule has 2 aliphatic rings. The molecule has 110 valence electrons. The fourth-order valence-electron chi connectivity index (χ4n) is 2.95. The third-order valence-electron chi connectivity index (χ3n) is 4.56. The van der Waals surface area contributed by atoms with Gasteiger partial charge in [-0.1, -0.05) is 6.92 Å². The average Bonchev–Trinajstić information content (AvgIpc) is 3.00. The minimum Gasteiger partial charge on any atom is -0.466 e. The van der Waals surface area contributed by atoms with Crippen LogP contribution >= 0.6 is 0 Å². The Balaban J connectivity index is 1.46. The summed E-state index contributed by atoms with van der Waals surface area (Å²) in [6.07, 6.45) is 3.59. The van der Waals surface area contributed by atoms with Crippen LogP contribution < -0.4 is 0 Å². The number of aryl methyl sites for hydroxylation is 1. The van der Waals surface area contributed by atoms with E-state index in [9.17, 15) is 9.90 Å². The molecule has 4 heteroatoms. The zero-order chi connectivity index (χ0) is 14.1. The molecule has 0 radical (unpaired) electrons. The first-order valence-corrected chi connectivity index (χ1v) is 7.68. The van der Waals surface area contributed by atoms with Gasteiger partial charge in [-0.15, -0.1) is 0 Å². The van der Waals surface area contributed by atoms with E-state index in [4.69, 9.17) is 4.42 Å². The van der Waals surface area contributed by atoms with Crippen LogP contribution in [0.1, 0.15) is 50.0 Å². The summed E-state index contributed by atoms with van der Waals surface area (Å²) in [5, 5.41) is 9.45. The molecule has 4 nitrogen and oxygen atoms in total. The van der Waals surface area contributed by atoms with E-state index in [1.54, 1.807) is 0 Å². The van der Waals surface area contributed by atoms with Crippen molar-refractivity contribution >= 4 is 5.91 Å². The molecule has 1 aromatic heterocycles. The van der Waals surface area contributed by atoms with Crippen LogP contribution in [0.15, 0.2) is 16.5 Å². The van der Waals surface area contributed by atoms with Crippen molar-refractivity contribution < 1.29 is 14.3 Å². The molecule has 1 aliphatic heterocycles. The molecule has 3 rings (SSSR count). The van der Waals surface area contributed by atoms with Gasteiger partial charge in [0.15, 0.2) is 0 Å². The Morgan fingerprint density at radius 2 is 2.10 bits per heavy atom. The van der Waals surface area contributed by atoms with Crippen LogP contribution in [0.4, 0.5) is 0 Å². The normalized spacial score (nSPS) is 26.8. The van der Waals surface area contributed by atoms with Gasteiger partial charge in [-0.2, -0.15) is 0 Å². The van der Waals surface area contributed by atoms with Crippen molar-refractivity contribution in [3.63, 3.8) is 0 Å². The second-order valence-corrected chi connectivity index (χ2v) is 6.24. The summed E-state index contributed by atoms with van der Waals surface area (Å²) in [7, 11) is 0. The maximum absolute atomic E-state index is 12.1. The van der Waals surface area contributed by atoms with E-state index in [1.165, 1.54) is 6.42 Å². The summed E-state index contributed by atoms with van der Waals surface area (Å²) in [6.45, 7) is 3.60. The molecule has 2 fully saturated rings. The van der Waals surface area contributed by atoms with Crippen molar-refractivity contribution in [2.75, 3.05) is 13.1 Å². The third kappa shape index (κ3) is 3.06. The number of hydrogen-bond acceptors (Lipinski definition) is 3. The molecule has 1 N–H and O–H groups in total. The minimum atomic E-state index is -0.229. The van der Waals surface area contributed by atoms with Crippen molar-refractivity contribution in [1.82, 2.24) is 4.90 Å². The van der Waals surface area contributed by atoms with E-state index in [2.05, 4.69) is 13.0 Å². The number of piperidine rings is 1. The Kier molecular flexibility index (Phi) is 3.83. The zero-order valence-corrected chi connectivity index (χ0v) is 12.0. The highest BCUT2D eigenvalue weighted by molar-refractivity contribution is 5.76. The van der Waals surface area contributed by atoms with Crippen molar-refractivity contribution in [3.05, 3.63) is 23.7 Å². The van der Waals surface area contributed by atoms with E-state index in [1.807, 2.05) is 11.0 Å². The number of furan rings is 1. The van der Waals surface area contributed by atoms with E-state index in [0.717, 1.165) is 17.4 Å². The zero-order valence-electron chi connectivity index (χ0n) is 12.0. The highest BCUT2D eigenvalue weighted by atomic mass is 16.3. The van der Waals surface area contributed by atoms with Gasteiger partial charge in [0.1, 0.15) is 11.5 Å². The third-order valence-corrected chi connectivity index (χ3v) is 4.56. The molecule has 1 saturated carbocycles. The Bertz CT molecular complexity index is 474. The lowest BCUT2D eigenvalue weighted by molar-refractivity contribution is -0.133. The molecule has 1 aromatic rings. The van der Waals surface area contributed by atoms with Crippen LogP contribution in [-0.2, 0) is 11.2 Å². The van der Waals surface area contributed by atoms with Gasteiger partial charge in [-0.3, -0.25) is 4.79 Å². The Hall–Kier alpha value is -1.29. The summed E-state index contributed by atoms with van der Waals surface area (Å²) in [5.41, 5.74) is 0. The summed E-state index contributed by atoms with van der Waals surface area (Å²) in [4.78, 5) is 13.9. The molecule has 2 unspecified atom stereocenters. The van der Waals surface area contributed by atoms with Crippen molar-refractivity contribution in [3.8, 4) is 0 Å². The Morgan fingerprint density at radius 3 is 2.75 bits per heavy atom. The monoisotopic (exact) mass is 277 g/mol. The first-order valence-electron chi connectivity index (χ1n) is 7.68. The van der Waals surface area contributed by atoms with E-state index < -0.39 is 0 Å². The lowest BCUT2D eigenvalue weighted by Crippen LogP contribution is -2.40. The van der Waals surface area contributed by atoms with Gasteiger partial charge in [0, 0.05) is 31.8 Å². The number of likely N-dealkylation sites (tertiary alicyclic amines) is 1. The molecule has 0 aromatic carbocycles. The number of rotatable bonds is 4. The molecule has 1 amide bonds. The number of aliphatic hydroxyl groups excluding tert-OH is 1. The number of nitrogens with zero attached hydrogens (tertiary/aromatic N) is 1. The fraction of sp³-hybridized carbons (Fsp3) is 0.688. The Labute approximate surface area is 119 Å². The van der Waals surface area contributed by atoms with Gasteiger partial charge in [-0.25, -0.2) is 0 Å². The van der Waals surface area contributed by atoms with Gasteiger partial charge in [0.05, 0.1) is 6.10 Å². The summed E-state index contributed by atoms with van der Waals surface area (Å²) in [5.74, 6) is 3.53. The van der Waals surface area contributed by atoms with Crippen LogP contribution in [-0.4, -0.2) is 35.1 Å². The van der Waals surface area contributed by atoms with Crippen LogP contribution in [0.2, 0.25) is 0 Å². The number of hydrogen-bond donors (Lipinski definition) is 1. The number of amides is 1. The quantitative estimate of drug-likeness (QED) is 0.919. The number of carbonyl (C=O) groups excluding carboxylic acids is 1. The number of carbonyl (C=O) groups is 1. The second-order valence-electron chi connectivity index (χ2n) is 6.24. The van der Waals surface area contributed by atoms with Gasteiger partial charge in [0.25, 0.3) is 0 Å². The van der Waals surface area contributed by atoms with Crippen molar-refractivity contribution in [2.24, 2.45) is 5.92 Å². The molecular formula is C16H23NO3. The van der Waals surface area contributed by atoms with Gasteiger partial charge < -0.3 is 14.4 Å². The molecule has 2 heterocycles. The topological polar surface area (TPSA) is 53.7 Å². The summed E-state index contributed by atoms with van der Waals surface area (Å²) in [6, 6.07) is 4.07. The SMILES string of the molecule is CC1CC1c1ccc(CCC(=O)N2CCC(O)CC2)o1. The fourth-order valence-corrected chi connectivity index (χ4v) is 2.95. The molecular weight excluding hydrogens is 254 g/mol. The highest BCUT2D eigenvalue weighted by Gasteiger charge is 2.36. The van der Waals surface area contributed by atoms with E-state index in [0.29, 0.717) is 44.7 Å². The Morgan fingerprint density at radius 1 is 1.40 bits per heavy atom. The van der Waals surface area contributed by atoms with E-state index >= 15 is 0 Å². The summed E-state index contributed by atoms with van der Waals surface area (Å²) < 4.78 is 5.82. The molecule has 20 heavy (non-hydrogen) atoms. The predicted molar refractivity (Wildman–Crippen MR) is 75.4 cm³/mol. The van der Waals surface area contributed by atoms with Crippen molar-refractivity contribution in [1.29, 1.82) is 0 Å². The molecule has 0 bridgehead atoms. The predicted octanol–water partition coefficient (Wildman–Crippen LogP) is 2.32. The maximum atomic E-state index is 12.1. The van der Waals surface area contributed by atoms with Crippen LogP contribution in [0.3, 0.4) is 0 Å². The molecule has 2 atom stereocenters. The maximum Gasteiger partial charge on any atom is 0.223 e. The first kappa shape index (κ1) is 13.7. The van der Waals surface area contributed by atoms with Crippen LogP contribution in [0.5, 0.6) is 0 Å². The lowest BCUT2D eigenvalue weighted by atomic mass is 10.1. The lowest BCUT2D eigenvalue weighted by Gasteiger charge is -2.29. The largest absolute Gasteiger partial charge is 0.466 e. The number of aliphatic hydroxyl groups is 1. The van der Waals surface area contributed by atoms with Gasteiger partial charge >= 0.3 is 0 Å².